The molecule has 1 fully saturated rings. The number of halogens is 1. The molecule has 0 saturated carbocycles. The van der Waals surface area contributed by atoms with E-state index in [1.54, 1.807) is 12.1 Å². The molecule has 2 rings (SSSR count). The predicted molar refractivity (Wildman–Crippen MR) is 95.9 cm³/mol. The number of hydrogen-bond donors (Lipinski definition) is 2. The molecule has 0 unspecified atom stereocenters. The summed E-state index contributed by atoms with van der Waals surface area (Å²) in [5.41, 5.74) is 0.638. The van der Waals surface area contributed by atoms with E-state index in [1.165, 1.54) is 21.3 Å². The highest BCUT2D eigenvalue weighted by molar-refractivity contribution is 5.95. The van der Waals surface area contributed by atoms with Crippen molar-refractivity contribution < 1.29 is 19.0 Å². The summed E-state index contributed by atoms with van der Waals surface area (Å²) < 4.78 is 15.9. The average Bonchev–Trinajstić information content (AvgIpc) is 2.58. The van der Waals surface area contributed by atoms with Crippen LogP contribution in [0.15, 0.2) is 12.1 Å². The summed E-state index contributed by atoms with van der Waals surface area (Å²) in [4.78, 5) is 12.5. The van der Waals surface area contributed by atoms with Gasteiger partial charge in [0, 0.05) is 12.1 Å². The maximum absolute atomic E-state index is 12.5. The second-order valence-electron chi connectivity index (χ2n) is 6.16. The van der Waals surface area contributed by atoms with Gasteiger partial charge in [-0.1, -0.05) is 6.92 Å². The van der Waals surface area contributed by atoms with E-state index >= 15 is 0 Å². The summed E-state index contributed by atoms with van der Waals surface area (Å²) >= 11 is 0. The Morgan fingerprint density at radius 1 is 1.12 bits per heavy atom. The van der Waals surface area contributed by atoms with Crippen molar-refractivity contribution in [3.05, 3.63) is 17.7 Å². The first-order valence-corrected chi connectivity index (χ1v) is 7.82. The molecule has 0 aromatic heterocycles. The van der Waals surface area contributed by atoms with E-state index < -0.39 is 0 Å². The third-order valence-electron chi connectivity index (χ3n) is 4.41. The van der Waals surface area contributed by atoms with E-state index in [2.05, 4.69) is 17.6 Å². The van der Waals surface area contributed by atoms with Crippen molar-refractivity contribution in [2.24, 2.45) is 5.41 Å². The monoisotopic (exact) mass is 358 g/mol. The molecular formula is C17H27ClN2O4. The Hall–Kier alpha value is -1.66. The van der Waals surface area contributed by atoms with Gasteiger partial charge in [0.1, 0.15) is 0 Å². The first-order valence-electron chi connectivity index (χ1n) is 7.82. The van der Waals surface area contributed by atoms with Gasteiger partial charge in [-0.05, 0) is 43.5 Å². The normalized spacial score (nSPS) is 15.8. The number of carbonyl (C=O) groups is 1. The molecule has 7 heteroatoms. The molecule has 1 heterocycles. The van der Waals surface area contributed by atoms with Crippen LogP contribution in [0.25, 0.3) is 0 Å². The number of carbonyl (C=O) groups excluding carboxylic acids is 1. The summed E-state index contributed by atoms with van der Waals surface area (Å²) in [5.74, 6) is 1.30. The first-order chi connectivity index (χ1) is 11.0. The number of amides is 1. The van der Waals surface area contributed by atoms with Gasteiger partial charge in [0.25, 0.3) is 5.91 Å². The number of ether oxygens (including phenoxy) is 3. The van der Waals surface area contributed by atoms with Gasteiger partial charge in [-0.3, -0.25) is 4.79 Å². The molecule has 24 heavy (non-hydrogen) atoms. The van der Waals surface area contributed by atoms with Crippen molar-refractivity contribution >= 4 is 18.3 Å². The lowest BCUT2D eigenvalue weighted by Crippen LogP contribution is -2.42. The zero-order valence-electron chi connectivity index (χ0n) is 14.7. The van der Waals surface area contributed by atoms with E-state index in [0.29, 0.717) is 29.4 Å². The Morgan fingerprint density at radius 3 is 2.12 bits per heavy atom. The minimum absolute atomic E-state index is 0. The summed E-state index contributed by atoms with van der Waals surface area (Å²) in [6, 6.07) is 3.34. The second kappa shape index (κ2) is 8.99. The molecule has 0 spiro atoms. The van der Waals surface area contributed by atoms with Crippen LogP contribution in [0.5, 0.6) is 17.2 Å². The zero-order valence-corrected chi connectivity index (χ0v) is 15.5. The molecule has 2 N–H and O–H groups in total. The Labute approximate surface area is 149 Å². The molecule has 1 aromatic rings. The first kappa shape index (κ1) is 20.4. The van der Waals surface area contributed by atoms with Crippen LogP contribution in [-0.4, -0.2) is 46.9 Å². The zero-order chi connectivity index (χ0) is 16.9. The van der Waals surface area contributed by atoms with Gasteiger partial charge >= 0.3 is 0 Å². The molecule has 136 valence electrons. The van der Waals surface area contributed by atoms with E-state index in [0.717, 1.165) is 25.9 Å². The maximum Gasteiger partial charge on any atom is 0.251 e. The fraction of sp³-hybridized carbons (Fsp3) is 0.588. The number of benzene rings is 1. The van der Waals surface area contributed by atoms with Crippen LogP contribution in [0.2, 0.25) is 0 Å². The lowest BCUT2D eigenvalue weighted by Gasteiger charge is -2.34. The SMILES string of the molecule is COc1cc(C(=O)NCC2(C)CCNCC2)cc(OC)c1OC.Cl. The molecule has 1 saturated heterocycles. The summed E-state index contributed by atoms with van der Waals surface area (Å²) in [5, 5.41) is 6.37. The average molecular weight is 359 g/mol. The van der Waals surface area contributed by atoms with Crippen LogP contribution >= 0.6 is 12.4 Å². The van der Waals surface area contributed by atoms with E-state index in [9.17, 15) is 4.79 Å². The van der Waals surface area contributed by atoms with Crippen molar-refractivity contribution in [2.75, 3.05) is 41.0 Å². The van der Waals surface area contributed by atoms with Crippen LogP contribution in [0, 0.1) is 5.41 Å². The quantitative estimate of drug-likeness (QED) is 0.816. The van der Waals surface area contributed by atoms with Gasteiger partial charge in [0.05, 0.1) is 21.3 Å². The molecule has 0 radical (unpaired) electrons. The molecule has 1 aliphatic heterocycles. The third kappa shape index (κ3) is 4.68. The van der Waals surface area contributed by atoms with Crippen LogP contribution < -0.4 is 24.8 Å². The van der Waals surface area contributed by atoms with Crippen molar-refractivity contribution in [1.29, 1.82) is 0 Å². The fourth-order valence-corrected chi connectivity index (χ4v) is 2.82. The van der Waals surface area contributed by atoms with Gasteiger partial charge in [0.15, 0.2) is 11.5 Å². The largest absolute Gasteiger partial charge is 0.493 e. The summed E-state index contributed by atoms with van der Waals surface area (Å²) in [7, 11) is 4.61. The Bertz CT molecular complexity index is 535. The van der Waals surface area contributed by atoms with E-state index in [1.807, 2.05) is 0 Å². The van der Waals surface area contributed by atoms with Gasteiger partial charge in [-0.15, -0.1) is 12.4 Å². The second-order valence-corrected chi connectivity index (χ2v) is 6.16. The van der Waals surface area contributed by atoms with Crippen LogP contribution in [0.1, 0.15) is 30.1 Å². The number of piperidine rings is 1. The minimum atomic E-state index is -0.135. The highest BCUT2D eigenvalue weighted by Gasteiger charge is 2.27. The van der Waals surface area contributed by atoms with Crippen LogP contribution in [0.3, 0.4) is 0 Å². The molecule has 0 bridgehead atoms. The lowest BCUT2D eigenvalue weighted by atomic mass is 9.81. The Morgan fingerprint density at radius 2 is 1.67 bits per heavy atom. The third-order valence-corrected chi connectivity index (χ3v) is 4.41. The molecule has 6 nitrogen and oxygen atoms in total. The standard InChI is InChI=1S/C17H26N2O4.ClH/c1-17(5-7-18-8-6-17)11-19-16(20)12-9-13(21-2)15(23-4)14(10-12)22-3;/h9-10,18H,5-8,11H2,1-4H3,(H,19,20);1H. The Balaban J connectivity index is 0.00000288. The van der Waals surface area contributed by atoms with Crippen LogP contribution in [-0.2, 0) is 0 Å². The number of rotatable bonds is 6. The Kier molecular flexibility index (Phi) is 7.63. The minimum Gasteiger partial charge on any atom is -0.493 e. The van der Waals surface area contributed by atoms with E-state index in [-0.39, 0.29) is 23.7 Å². The van der Waals surface area contributed by atoms with Crippen LogP contribution in [0.4, 0.5) is 0 Å². The van der Waals surface area contributed by atoms with Crippen molar-refractivity contribution in [1.82, 2.24) is 10.6 Å². The predicted octanol–water partition coefficient (Wildman–Crippen LogP) is 2.25. The van der Waals surface area contributed by atoms with Gasteiger partial charge in [0.2, 0.25) is 5.75 Å². The topological polar surface area (TPSA) is 68.8 Å². The number of hydrogen-bond acceptors (Lipinski definition) is 5. The summed E-state index contributed by atoms with van der Waals surface area (Å²) in [6.07, 6.45) is 2.12. The summed E-state index contributed by atoms with van der Waals surface area (Å²) in [6.45, 7) is 4.86. The highest BCUT2D eigenvalue weighted by Crippen LogP contribution is 2.38. The molecule has 0 aliphatic carbocycles. The van der Waals surface area contributed by atoms with Crippen molar-refractivity contribution in [3.63, 3.8) is 0 Å². The highest BCUT2D eigenvalue weighted by atomic mass is 35.5. The molecule has 1 aromatic carbocycles. The van der Waals surface area contributed by atoms with Crippen molar-refractivity contribution in [2.45, 2.75) is 19.8 Å². The van der Waals surface area contributed by atoms with Gasteiger partial charge < -0.3 is 24.8 Å². The number of nitrogens with one attached hydrogen (secondary N) is 2. The molecule has 1 aliphatic rings. The molecule has 1 amide bonds. The maximum atomic E-state index is 12.5. The lowest BCUT2D eigenvalue weighted by molar-refractivity contribution is 0.0921. The smallest absolute Gasteiger partial charge is 0.251 e. The molecule has 0 atom stereocenters. The number of methoxy groups -OCH3 is 3. The van der Waals surface area contributed by atoms with E-state index in [4.69, 9.17) is 14.2 Å². The molecular weight excluding hydrogens is 332 g/mol. The van der Waals surface area contributed by atoms with Crippen molar-refractivity contribution in [3.8, 4) is 17.2 Å². The van der Waals surface area contributed by atoms with Gasteiger partial charge in [-0.2, -0.15) is 0 Å². The fourth-order valence-electron chi connectivity index (χ4n) is 2.82. The van der Waals surface area contributed by atoms with Gasteiger partial charge in [-0.25, -0.2) is 0 Å².